The quantitative estimate of drug-likeness (QED) is 0.913. The Labute approximate surface area is 124 Å². The van der Waals surface area contributed by atoms with Crippen molar-refractivity contribution >= 4 is 0 Å². The van der Waals surface area contributed by atoms with Crippen LogP contribution >= 0.6 is 0 Å². The van der Waals surface area contributed by atoms with E-state index in [1.54, 1.807) is 6.07 Å². The van der Waals surface area contributed by atoms with Crippen LogP contribution in [0.15, 0.2) is 42.5 Å². The van der Waals surface area contributed by atoms with Crippen LogP contribution < -0.4 is 10.5 Å². The summed E-state index contributed by atoms with van der Waals surface area (Å²) in [6.07, 6.45) is 1.69. The standard InChI is InChI=1S/C18H20FNO/c1-12(20)8-13-6-7-18(17(19)9-13)21-11-15-10-14-4-2-3-5-16(14)15/h2-7,9,12,15H,8,10-11,20H2,1H3. The zero-order valence-corrected chi connectivity index (χ0v) is 12.2. The van der Waals surface area contributed by atoms with Gasteiger partial charge in [-0.25, -0.2) is 4.39 Å². The average Bonchev–Trinajstić information content (AvgIpc) is 2.41. The largest absolute Gasteiger partial charge is 0.490 e. The van der Waals surface area contributed by atoms with Gasteiger partial charge in [-0.1, -0.05) is 30.3 Å². The number of hydrogen-bond acceptors (Lipinski definition) is 2. The lowest BCUT2D eigenvalue weighted by atomic mass is 9.78. The number of halogens is 1. The Bertz CT molecular complexity index is 639. The topological polar surface area (TPSA) is 35.2 Å². The van der Waals surface area contributed by atoms with Crippen molar-refractivity contribution in [2.24, 2.45) is 5.73 Å². The molecule has 21 heavy (non-hydrogen) atoms. The SMILES string of the molecule is CC(N)Cc1ccc(OCC2Cc3ccccc32)c(F)c1. The van der Waals surface area contributed by atoms with E-state index in [0.717, 1.165) is 12.0 Å². The second-order valence-corrected chi connectivity index (χ2v) is 5.86. The molecule has 1 aliphatic rings. The van der Waals surface area contributed by atoms with Gasteiger partial charge in [0.1, 0.15) is 0 Å². The number of benzene rings is 2. The molecule has 3 rings (SSSR count). The summed E-state index contributed by atoms with van der Waals surface area (Å²) in [6, 6.07) is 13.5. The fourth-order valence-electron chi connectivity index (χ4n) is 2.86. The summed E-state index contributed by atoms with van der Waals surface area (Å²) in [6.45, 7) is 2.44. The van der Waals surface area contributed by atoms with Crippen molar-refractivity contribution in [3.8, 4) is 5.75 Å². The van der Waals surface area contributed by atoms with Crippen LogP contribution in [0.25, 0.3) is 0 Å². The Morgan fingerprint density at radius 1 is 1.29 bits per heavy atom. The predicted molar refractivity (Wildman–Crippen MR) is 82.1 cm³/mol. The van der Waals surface area contributed by atoms with E-state index in [1.165, 1.54) is 17.2 Å². The van der Waals surface area contributed by atoms with E-state index >= 15 is 0 Å². The number of rotatable bonds is 5. The van der Waals surface area contributed by atoms with Gasteiger partial charge in [0.2, 0.25) is 0 Å². The van der Waals surface area contributed by atoms with Crippen molar-refractivity contribution < 1.29 is 9.13 Å². The normalized spacial score (nSPS) is 17.8. The maximum Gasteiger partial charge on any atom is 0.165 e. The first-order valence-corrected chi connectivity index (χ1v) is 7.38. The molecule has 0 saturated carbocycles. The third-order valence-electron chi connectivity index (χ3n) is 3.96. The fourth-order valence-corrected chi connectivity index (χ4v) is 2.86. The van der Waals surface area contributed by atoms with E-state index in [2.05, 4.69) is 12.1 Å². The summed E-state index contributed by atoms with van der Waals surface area (Å²) in [7, 11) is 0. The molecular weight excluding hydrogens is 265 g/mol. The van der Waals surface area contributed by atoms with E-state index in [4.69, 9.17) is 10.5 Å². The van der Waals surface area contributed by atoms with Gasteiger partial charge in [-0.05, 0) is 48.6 Å². The summed E-state index contributed by atoms with van der Waals surface area (Å²) in [4.78, 5) is 0. The van der Waals surface area contributed by atoms with E-state index in [0.29, 0.717) is 24.7 Å². The van der Waals surface area contributed by atoms with Gasteiger partial charge in [0.15, 0.2) is 11.6 Å². The zero-order chi connectivity index (χ0) is 14.8. The molecule has 2 unspecified atom stereocenters. The number of ether oxygens (including phenoxy) is 1. The molecule has 3 heteroatoms. The van der Waals surface area contributed by atoms with Gasteiger partial charge in [0.05, 0.1) is 6.61 Å². The molecule has 0 aliphatic heterocycles. The third-order valence-corrected chi connectivity index (χ3v) is 3.96. The van der Waals surface area contributed by atoms with Crippen molar-refractivity contribution in [2.45, 2.75) is 31.7 Å². The van der Waals surface area contributed by atoms with Gasteiger partial charge < -0.3 is 10.5 Å². The van der Waals surface area contributed by atoms with Crippen LogP contribution in [0.4, 0.5) is 4.39 Å². The number of hydrogen-bond donors (Lipinski definition) is 1. The maximum absolute atomic E-state index is 14.0. The monoisotopic (exact) mass is 285 g/mol. The molecule has 2 nitrogen and oxygen atoms in total. The highest BCUT2D eigenvalue weighted by Gasteiger charge is 2.26. The van der Waals surface area contributed by atoms with Crippen molar-refractivity contribution in [1.29, 1.82) is 0 Å². The molecule has 0 fully saturated rings. The molecule has 2 atom stereocenters. The Kier molecular flexibility index (Phi) is 3.93. The molecule has 1 aliphatic carbocycles. The van der Waals surface area contributed by atoms with Crippen LogP contribution in [0, 0.1) is 5.82 Å². The highest BCUT2D eigenvalue weighted by Crippen LogP contribution is 2.35. The van der Waals surface area contributed by atoms with Crippen LogP contribution in [0.3, 0.4) is 0 Å². The summed E-state index contributed by atoms with van der Waals surface area (Å²) < 4.78 is 19.7. The summed E-state index contributed by atoms with van der Waals surface area (Å²) in [5, 5.41) is 0. The maximum atomic E-state index is 14.0. The van der Waals surface area contributed by atoms with Crippen LogP contribution in [0.5, 0.6) is 5.75 Å². The fraction of sp³-hybridized carbons (Fsp3) is 0.333. The molecule has 0 amide bonds. The minimum absolute atomic E-state index is 0.0302. The summed E-state index contributed by atoms with van der Waals surface area (Å²) in [5.74, 6) is 0.401. The Hall–Kier alpha value is -1.87. The first-order chi connectivity index (χ1) is 10.1. The van der Waals surface area contributed by atoms with Gasteiger partial charge in [-0.3, -0.25) is 0 Å². The molecule has 0 spiro atoms. The molecule has 2 aromatic carbocycles. The van der Waals surface area contributed by atoms with Gasteiger partial charge in [0.25, 0.3) is 0 Å². The third kappa shape index (κ3) is 3.08. The van der Waals surface area contributed by atoms with Crippen molar-refractivity contribution in [3.05, 3.63) is 65.0 Å². The second-order valence-electron chi connectivity index (χ2n) is 5.86. The van der Waals surface area contributed by atoms with Gasteiger partial charge in [0, 0.05) is 12.0 Å². The number of nitrogens with two attached hydrogens (primary N) is 1. The van der Waals surface area contributed by atoms with E-state index < -0.39 is 0 Å². The van der Waals surface area contributed by atoms with Gasteiger partial charge in [-0.15, -0.1) is 0 Å². The molecular formula is C18H20FNO. The minimum atomic E-state index is -0.305. The molecule has 0 radical (unpaired) electrons. The summed E-state index contributed by atoms with van der Waals surface area (Å²) >= 11 is 0. The second kappa shape index (κ2) is 5.86. The van der Waals surface area contributed by atoms with Crippen molar-refractivity contribution in [1.82, 2.24) is 0 Å². The summed E-state index contributed by atoms with van der Waals surface area (Å²) in [5.41, 5.74) is 9.33. The Morgan fingerprint density at radius 2 is 2.10 bits per heavy atom. The Morgan fingerprint density at radius 3 is 2.81 bits per heavy atom. The highest BCUT2D eigenvalue weighted by atomic mass is 19.1. The molecule has 0 saturated heterocycles. The average molecular weight is 285 g/mol. The van der Waals surface area contributed by atoms with E-state index in [-0.39, 0.29) is 11.9 Å². The first-order valence-electron chi connectivity index (χ1n) is 7.38. The molecule has 0 heterocycles. The van der Waals surface area contributed by atoms with Crippen LogP contribution in [0.1, 0.15) is 29.5 Å². The molecule has 110 valence electrons. The lowest BCUT2D eigenvalue weighted by molar-refractivity contribution is 0.263. The molecule has 2 aromatic rings. The first kappa shape index (κ1) is 14.1. The lowest BCUT2D eigenvalue weighted by Gasteiger charge is -2.29. The minimum Gasteiger partial charge on any atom is -0.490 e. The van der Waals surface area contributed by atoms with E-state index in [1.807, 2.05) is 25.1 Å². The molecule has 0 aromatic heterocycles. The van der Waals surface area contributed by atoms with Gasteiger partial charge in [-0.2, -0.15) is 0 Å². The zero-order valence-electron chi connectivity index (χ0n) is 12.2. The van der Waals surface area contributed by atoms with Crippen LogP contribution in [-0.2, 0) is 12.8 Å². The van der Waals surface area contributed by atoms with Crippen molar-refractivity contribution in [3.63, 3.8) is 0 Å². The smallest absolute Gasteiger partial charge is 0.165 e. The van der Waals surface area contributed by atoms with Crippen molar-refractivity contribution in [2.75, 3.05) is 6.61 Å². The highest BCUT2D eigenvalue weighted by molar-refractivity contribution is 5.40. The van der Waals surface area contributed by atoms with Gasteiger partial charge >= 0.3 is 0 Å². The van der Waals surface area contributed by atoms with E-state index in [9.17, 15) is 4.39 Å². The number of fused-ring (bicyclic) bond motifs is 1. The molecule has 0 bridgehead atoms. The Balaban J connectivity index is 1.62. The lowest BCUT2D eigenvalue weighted by Crippen LogP contribution is -2.23. The van der Waals surface area contributed by atoms with Crippen LogP contribution in [0.2, 0.25) is 0 Å². The predicted octanol–water partition coefficient (Wildman–Crippen LogP) is 3.43. The van der Waals surface area contributed by atoms with Crippen LogP contribution in [-0.4, -0.2) is 12.6 Å². The molecule has 2 N–H and O–H groups in total.